The molecule has 106 valence electrons. The largest absolute Gasteiger partial charge is 0.448 e. The third-order valence-corrected chi connectivity index (χ3v) is 5.13. The first kappa shape index (κ1) is 13.2. The van der Waals surface area contributed by atoms with Crippen molar-refractivity contribution in [1.29, 1.82) is 0 Å². The van der Waals surface area contributed by atoms with E-state index in [-0.39, 0.29) is 0 Å². The summed E-state index contributed by atoms with van der Waals surface area (Å²) >= 11 is 0. The molecule has 0 radical (unpaired) electrons. The molecule has 2 saturated carbocycles. The van der Waals surface area contributed by atoms with Crippen molar-refractivity contribution in [2.45, 2.75) is 64.3 Å². The van der Waals surface area contributed by atoms with Crippen molar-refractivity contribution < 1.29 is 4.42 Å². The second-order valence-corrected chi connectivity index (χ2v) is 6.26. The Hall–Kier alpha value is -0.830. The van der Waals surface area contributed by atoms with Crippen LogP contribution in [0, 0.1) is 11.8 Å². The fourth-order valence-electron chi connectivity index (χ4n) is 4.10. The molecule has 0 aliphatic heterocycles. The summed E-state index contributed by atoms with van der Waals surface area (Å²) < 4.78 is 5.73. The molecule has 2 fully saturated rings. The second kappa shape index (κ2) is 6.08. The SMILES string of the molecule is CCNCc1ncoc1C1CCC2CCCCC2C1. The van der Waals surface area contributed by atoms with Gasteiger partial charge in [0.1, 0.15) is 5.76 Å². The van der Waals surface area contributed by atoms with Gasteiger partial charge in [0.2, 0.25) is 0 Å². The summed E-state index contributed by atoms with van der Waals surface area (Å²) in [6.45, 7) is 3.97. The Bertz CT molecular complexity index is 401. The number of rotatable bonds is 4. The highest BCUT2D eigenvalue weighted by Crippen LogP contribution is 2.46. The van der Waals surface area contributed by atoms with Gasteiger partial charge in [-0.2, -0.15) is 0 Å². The Balaban J connectivity index is 1.67. The molecule has 3 heteroatoms. The molecule has 2 aliphatic rings. The van der Waals surface area contributed by atoms with Crippen molar-refractivity contribution in [3.05, 3.63) is 17.8 Å². The van der Waals surface area contributed by atoms with Crippen LogP contribution in [0.15, 0.2) is 10.8 Å². The quantitative estimate of drug-likeness (QED) is 0.895. The molecule has 1 N–H and O–H groups in total. The molecule has 19 heavy (non-hydrogen) atoms. The average molecular weight is 262 g/mol. The summed E-state index contributed by atoms with van der Waals surface area (Å²) in [7, 11) is 0. The molecule has 3 unspecified atom stereocenters. The van der Waals surface area contributed by atoms with Gasteiger partial charge >= 0.3 is 0 Å². The summed E-state index contributed by atoms with van der Waals surface area (Å²) in [5, 5.41) is 3.36. The number of fused-ring (bicyclic) bond motifs is 1. The van der Waals surface area contributed by atoms with Gasteiger partial charge in [0, 0.05) is 12.5 Å². The second-order valence-electron chi connectivity index (χ2n) is 6.26. The lowest BCUT2D eigenvalue weighted by atomic mass is 9.67. The van der Waals surface area contributed by atoms with Crippen LogP contribution in [0.3, 0.4) is 0 Å². The van der Waals surface area contributed by atoms with Crippen LogP contribution in [0.25, 0.3) is 0 Å². The van der Waals surface area contributed by atoms with E-state index in [4.69, 9.17) is 4.42 Å². The van der Waals surface area contributed by atoms with E-state index >= 15 is 0 Å². The Kier molecular flexibility index (Phi) is 4.21. The van der Waals surface area contributed by atoms with Gasteiger partial charge < -0.3 is 9.73 Å². The summed E-state index contributed by atoms with van der Waals surface area (Å²) in [6, 6.07) is 0. The molecule has 0 amide bonds. The molecule has 0 aromatic carbocycles. The van der Waals surface area contributed by atoms with Crippen LogP contribution in [0.1, 0.15) is 69.2 Å². The van der Waals surface area contributed by atoms with Gasteiger partial charge in [-0.05, 0) is 37.6 Å². The van der Waals surface area contributed by atoms with Gasteiger partial charge in [0.15, 0.2) is 6.39 Å². The molecular formula is C16H26N2O. The fourth-order valence-corrected chi connectivity index (χ4v) is 4.10. The van der Waals surface area contributed by atoms with Crippen molar-refractivity contribution in [3.63, 3.8) is 0 Å². The van der Waals surface area contributed by atoms with Crippen molar-refractivity contribution in [3.8, 4) is 0 Å². The van der Waals surface area contributed by atoms with Crippen LogP contribution < -0.4 is 5.32 Å². The zero-order valence-corrected chi connectivity index (χ0v) is 12.0. The number of hydrogen-bond donors (Lipinski definition) is 1. The van der Waals surface area contributed by atoms with Crippen LogP contribution in [-0.4, -0.2) is 11.5 Å². The predicted octanol–water partition coefficient (Wildman–Crippen LogP) is 3.86. The number of hydrogen-bond acceptors (Lipinski definition) is 3. The lowest BCUT2D eigenvalue weighted by molar-refractivity contribution is 0.147. The molecule has 3 nitrogen and oxygen atoms in total. The first-order valence-corrected chi connectivity index (χ1v) is 8.01. The van der Waals surface area contributed by atoms with E-state index in [0.29, 0.717) is 5.92 Å². The van der Waals surface area contributed by atoms with E-state index in [2.05, 4.69) is 17.2 Å². The van der Waals surface area contributed by atoms with E-state index < -0.39 is 0 Å². The number of nitrogens with zero attached hydrogens (tertiary/aromatic N) is 1. The summed E-state index contributed by atoms with van der Waals surface area (Å²) in [4.78, 5) is 4.40. The summed E-state index contributed by atoms with van der Waals surface area (Å²) in [5.41, 5.74) is 1.14. The predicted molar refractivity (Wildman–Crippen MR) is 75.9 cm³/mol. The molecule has 1 aromatic heterocycles. The Morgan fingerprint density at radius 2 is 2.05 bits per heavy atom. The molecule has 2 aliphatic carbocycles. The van der Waals surface area contributed by atoms with E-state index in [1.165, 1.54) is 50.7 Å². The molecule has 3 rings (SSSR count). The molecular weight excluding hydrogens is 236 g/mol. The molecule has 1 aromatic rings. The molecule has 0 saturated heterocycles. The minimum absolute atomic E-state index is 0.621. The van der Waals surface area contributed by atoms with Gasteiger partial charge in [-0.15, -0.1) is 0 Å². The lowest BCUT2D eigenvalue weighted by Crippen LogP contribution is -2.27. The van der Waals surface area contributed by atoms with Gasteiger partial charge in [-0.1, -0.05) is 32.6 Å². The van der Waals surface area contributed by atoms with Gasteiger partial charge in [-0.3, -0.25) is 0 Å². The van der Waals surface area contributed by atoms with E-state index in [0.717, 1.165) is 30.6 Å². The van der Waals surface area contributed by atoms with Crippen molar-refractivity contribution >= 4 is 0 Å². The van der Waals surface area contributed by atoms with Crippen LogP contribution >= 0.6 is 0 Å². The number of aromatic nitrogens is 1. The average Bonchev–Trinajstić information content (AvgIpc) is 2.93. The summed E-state index contributed by atoms with van der Waals surface area (Å²) in [6.07, 6.45) is 11.5. The first-order chi connectivity index (χ1) is 9.38. The first-order valence-electron chi connectivity index (χ1n) is 8.01. The minimum atomic E-state index is 0.621. The maximum absolute atomic E-state index is 5.73. The molecule has 0 bridgehead atoms. The molecule has 1 heterocycles. The number of nitrogens with one attached hydrogen (secondary N) is 1. The van der Waals surface area contributed by atoms with E-state index in [9.17, 15) is 0 Å². The Morgan fingerprint density at radius 1 is 1.21 bits per heavy atom. The Morgan fingerprint density at radius 3 is 2.89 bits per heavy atom. The molecule has 3 atom stereocenters. The topological polar surface area (TPSA) is 38.1 Å². The minimum Gasteiger partial charge on any atom is -0.448 e. The van der Waals surface area contributed by atoms with Crippen molar-refractivity contribution in [1.82, 2.24) is 10.3 Å². The highest BCUT2D eigenvalue weighted by atomic mass is 16.3. The summed E-state index contributed by atoms with van der Waals surface area (Å²) in [5.74, 6) is 3.75. The van der Waals surface area contributed by atoms with Crippen LogP contribution in [-0.2, 0) is 6.54 Å². The van der Waals surface area contributed by atoms with Crippen LogP contribution in [0.2, 0.25) is 0 Å². The van der Waals surface area contributed by atoms with Crippen LogP contribution in [0.5, 0.6) is 0 Å². The zero-order chi connectivity index (χ0) is 13.1. The van der Waals surface area contributed by atoms with E-state index in [1.807, 2.05) is 0 Å². The van der Waals surface area contributed by atoms with Crippen molar-refractivity contribution in [2.75, 3.05) is 6.54 Å². The smallest absolute Gasteiger partial charge is 0.181 e. The van der Waals surface area contributed by atoms with Gasteiger partial charge in [-0.25, -0.2) is 4.98 Å². The highest BCUT2D eigenvalue weighted by molar-refractivity contribution is 5.14. The number of oxazole rings is 1. The van der Waals surface area contributed by atoms with Crippen molar-refractivity contribution in [2.24, 2.45) is 11.8 Å². The Labute approximate surface area is 116 Å². The third kappa shape index (κ3) is 2.86. The maximum Gasteiger partial charge on any atom is 0.181 e. The molecule has 0 spiro atoms. The van der Waals surface area contributed by atoms with E-state index in [1.54, 1.807) is 6.39 Å². The van der Waals surface area contributed by atoms with Gasteiger partial charge in [0.25, 0.3) is 0 Å². The standard InChI is InChI=1S/C16H26N2O/c1-2-17-10-15-16(19-11-18-15)14-8-7-12-5-3-4-6-13(12)9-14/h11-14,17H,2-10H2,1H3. The van der Waals surface area contributed by atoms with Crippen LogP contribution in [0.4, 0.5) is 0 Å². The zero-order valence-electron chi connectivity index (χ0n) is 12.0. The lowest BCUT2D eigenvalue weighted by Gasteiger charge is -2.38. The monoisotopic (exact) mass is 262 g/mol. The van der Waals surface area contributed by atoms with Gasteiger partial charge in [0.05, 0.1) is 5.69 Å². The third-order valence-electron chi connectivity index (χ3n) is 5.13. The highest BCUT2D eigenvalue weighted by Gasteiger charge is 2.34. The maximum atomic E-state index is 5.73. The normalized spacial score (nSPS) is 31.1. The fraction of sp³-hybridized carbons (Fsp3) is 0.812.